The third kappa shape index (κ3) is 2.72. The molecule has 3 unspecified atom stereocenters. The highest BCUT2D eigenvalue weighted by Gasteiger charge is 2.54. The van der Waals surface area contributed by atoms with E-state index in [1.165, 1.54) is 6.08 Å². The molecule has 0 amide bonds. The number of alkyl halides is 1. The van der Waals surface area contributed by atoms with Gasteiger partial charge in [-0.25, -0.2) is 4.39 Å². The average Bonchev–Trinajstić information content (AvgIpc) is 3.11. The van der Waals surface area contributed by atoms with E-state index in [9.17, 15) is 19.1 Å². The molecule has 1 saturated carbocycles. The maximum absolute atomic E-state index is 13.4. The van der Waals surface area contributed by atoms with Crippen molar-refractivity contribution in [2.75, 3.05) is 0 Å². The Morgan fingerprint density at radius 3 is 2.50 bits per heavy atom. The summed E-state index contributed by atoms with van der Waals surface area (Å²) in [7, 11) is 0. The van der Waals surface area contributed by atoms with Gasteiger partial charge in [-0.05, 0) is 43.6 Å². The van der Waals surface area contributed by atoms with Gasteiger partial charge in [0.15, 0.2) is 5.78 Å². The Bertz CT molecular complexity index is 597. The maximum atomic E-state index is 13.4. The van der Waals surface area contributed by atoms with E-state index in [1.54, 1.807) is 26.0 Å². The van der Waals surface area contributed by atoms with Crippen molar-refractivity contribution in [3.8, 4) is 0 Å². The summed E-state index contributed by atoms with van der Waals surface area (Å²) in [6.45, 7) is 7.12. The number of carbonyl (C=O) groups is 2. The highest BCUT2D eigenvalue weighted by molar-refractivity contribution is 5.99. The fourth-order valence-electron chi connectivity index (χ4n) is 3.27. The minimum absolute atomic E-state index is 0.0640. The lowest BCUT2D eigenvalue weighted by Gasteiger charge is -2.46. The second-order valence-corrected chi connectivity index (χ2v) is 7.03. The van der Waals surface area contributed by atoms with Crippen molar-refractivity contribution in [3.63, 3.8) is 0 Å². The Labute approximate surface area is 130 Å². The molecule has 0 aromatic heterocycles. The zero-order chi connectivity index (χ0) is 16.7. The standard InChI is InChI=1S/C18H23FO3/c1-11(6-8-20)5-7-18(22)12(2)16(13-9-14(13)19)15(21)10-17(18,3)4/h5-8,13-14,22H,9-10H2,1-4H3. The third-order valence-electron chi connectivity index (χ3n) is 4.91. The van der Waals surface area contributed by atoms with Crippen molar-refractivity contribution in [1.82, 2.24) is 0 Å². The van der Waals surface area contributed by atoms with Crippen LogP contribution < -0.4 is 0 Å². The minimum Gasteiger partial charge on any atom is -0.381 e. The number of aliphatic hydroxyl groups is 1. The van der Waals surface area contributed by atoms with Gasteiger partial charge < -0.3 is 5.11 Å². The summed E-state index contributed by atoms with van der Waals surface area (Å²) >= 11 is 0. The molecule has 0 radical (unpaired) electrons. The molecular weight excluding hydrogens is 283 g/mol. The zero-order valence-electron chi connectivity index (χ0n) is 13.5. The fourth-order valence-corrected chi connectivity index (χ4v) is 3.27. The maximum Gasteiger partial charge on any atom is 0.159 e. The molecule has 0 spiro atoms. The summed E-state index contributed by atoms with van der Waals surface area (Å²) < 4.78 is 13.4. The van der Waals surface area contributed by atoms with Crippen molar-refractivity contribution < 1.29 is 19.1 Å². The number of hydrogen-bond acceptors (Lipinski definition) is 3. The SMILES string of the molecule is CC(C=CC1(O)C(C)=C(C2CC2F)C(=O)CC1(C)C)=CC=O. The first-order valence-corrected chi connectivity index (χ1v) is 7.56. The summed E-state index contributed by atoms with van der Waals surface area (Å²) in [5, 5.41) is 11.2. The molecule has 0 bridgehead atoms. The first-order valence-electron chi connectivity index (χ1n) is 7.56. The molecule has 1 fully saturated rings. The van der Waals surface area contributed by atoms with Crippen LogP contribution in [0.5, 0.6) is 0 Å². The summed E-state index contributed by atoms with van der Waals surface area (Å²) in [6.07, 6.45) is 4.96. The number of rotatable bonds is 4. The first kappa shape index (κ1) is 16.8. The van der Waals surface area contributed by atoms with Crippen molar-refractivity contribution in [1.29, 1.82) is 0 Å². The number of aldehydes is 1. The minimum atomic E-state index is -1.32. The number of Topliss-reactive ketones (excluding diaryl/α,β-unsaturated/α-hetero) is 1. The Morgan fingerprint density at radius 1 is 1.41 bits per heavy atom. The van der Waals surface area contributed by atoms with E-state index in [2.05, 4.69) is 0 Å². The van der Waals surface area contributed by atoms with Crippen LogP contribution in [-0.2, 0) is 9.59 Å². The van der Waals surface area contributed by atoms with Gasteiger partial charge in [-0.3, -0.25) is 9.59 Å². The van der Waals surface area contributed by atoms with E-state index in [0.717, 1.165) is 0 Å². The fraction of sp³-hybridized carbons (Fsp3) is 0.556. The van der Waals surface area contributed by atoms with Gasteiger partial charge >= 0.3 is 0 Å². The van der Waals surface area contributed by atoms with Gasteiger partial charge in [-0.2, -0.15) is 0 Å². The van der Waals surface area contributed by atoms with Crippen LogP contribution in [0.15, 0.2) is 34.9 Å². The number of halogens is 1. The van der Waals surface area contributed by atoms with Crippen LogP contribution in [0, 0.1) is 11.3 Å². The van der Waals surface area contributed by atoms with Crippen LogP contribution in [-0.4, -0.2) is 28.9 Å². The summed E-state index contributed by atoms with van der Waals surface area (Å²) in [4.78, 5) is 22.9. The second kappa shape index (κ2) is 5.58. The number of ketones is 1. The van der Waals surface area contributed by atoms with Crippen molar-refractivity contribution in [2.24, 2.45) is 11.3 Å². The van der Waals surface area contributed by atoms with Gasteiger partial charge in [-0.1, -0.05) is 19.9 Å². The Kier molecular flexibility index (Phi) is 4.26. The lowest BCUT2D eigenvalue weighted by Crippen LogP contribution is -2.49. The largest absolute Gasteiger partial charge is 0.381 e. The van der Waals surface area contributed by atoms with Gasteiger partial charge in [0.25, 0.3) is 0 Å². The molecule has 1 N–H and O–H groups in total. The van der Waals surface area contributed by atoms with Crippen LogP contribution >= 0.6 is 0 Å². The Morgan fingerprint density at radius 2 is 2.00 bits per heavy atom. The van der Waals surface area contributed by atoms with E-state index in [0.29, 0.717) is 29.4 Å². The van der Waals surface area contributed by atoms with Crippen molar-refractivity contribution >= 4 is 12.1 Å². The molecule has 0 aromatic carbocycles. The van der Waals surface area contributed by atoms with Gasteiger partial charge in [0.1, 0.15) is 18.1 Å². The van der Waals surface area contributed by atoms with E-state index >= 15 is 0 Å². The molecule has 3 nitrogen and oxygen atoms in total. The molecule has 4 heteroatoms. The molecule has 120 valence electrons. The van der Waals surface area contributed by atoms with E-state index in [4.69, 9.17) is 0 Å². The molecule has 0 aliphatic heterocycles. The zero-order valence-corrected chi connectivity index (χ0v) is 13.5. The lowest BCUT2D eigenvalue weighted by atomic mass is 9.62. The van der Waals surface area contributed by atoms with Crippen LogP contribution in [0.1, 0.15) is 40.5 Å². The summed E-state index contributed by atoms with van der Waals surface area (Å²) in [5.74, 6) is -0.430. The molecular formula is C18H23FO3. The second-order valence-electron chi connectivity index (χ2n) is 7.03. The van der Waals surface area contributed by atoms with Crippen LogP contribution in [0.4, 0.5) is 4.39 Å². The van der Waals surface area contributed by atoms with E-state index in [1.807, 2.05) is 13.8 Å². The van der Waals surface area contributed by atoms with Crippen LogP contribution in [0.3, 0.4) is 0 Å². The quantitative estimate of drug-likeness (QED) is 0.493. The van der Waals surface area contributed by atoms with Gasteiger partial charge in [0.05, 0.1) is 0 Å². The Hall–Kier alpha value is -1.55. The molecule has 2 rings (SSSR count). The molecule has 0 heterocycles. The van der Waals surface area contributed by atoms with Crippen molar-refractivity contribution in [2.45, 2.75) is 52.3 Å². The molecule has 2 aliphatic rings. The Balaban J connectivity index is 2.49. The lowest BCUT2D eigenvalue weighted by molar-refractivity contribution is -0.123. The number of allylic oxidation sites excluding steroid dienone is 4. The molecule has 3 atom stereocenters. The number of carbonyl (C=O) groups excluding carboxylic acids is 2. The predicted molar refractivity (Wildman–Crippen MR) is 83.0 cm³/mol. The van der Waals surface area contributed by atoms with Gasteiger partial charge in [0, 0.05) is 23.3 Å². The molecule has 0 saturated heterocycles. The van der Waals surface area contributed by atoms with Gasteiger partial charge in [-0.15, -0.1) is 0 Å². The molecule has 2 aliphatic carbocycles. The number of hydrogen-bond donors (Lipinski definition) is 1. The first-order chi connectivity index (χ1) is 10.1. The van der Waals surface area contributed by atoms with E-state index in [-0.39, 0.29) is 18.1 Å². The molecule has 0 aromatic rings. The van der Waals surface area contributed by atoms with E-state index < -0.39 is 17.2 Å². The molecule has 22 heavy (non-hydrogen) atoms. The smallest absolute Gasteiger partial charge is 0.159 e. The summed E-state index contributed by atoms with van der Waals surface area (Å²) in [6, 6.07) is 0. The van der Waals surface area contributed by atoms with Crippen LogP contribution in [0.25, 0.3) is 0 Å². The third-order valence-corrected chi connectivity index (χ3v) is 4.91. The topological polar surface area (TPSA) is 54.4 Å². The monoisotopic (exact) mass is 306 g/mol. The predicted octanol–water partition coefficient (Wildman–Crippen LogP) is 3.09. The normalized spacial score (nSPS) is 35.2. The van der Waals surface area contributed by atoms with Gasteiger partial charge in [0.2, 0.25) is 0 Å². The highest BCUT2D eigenvalue weighted by atomic mass is 19.1. The average molecular weight is 306 g/mol. The van der Waals surface area contributed by atoms with Crippen LogP contribution in [0.2, 0.25) is 0 Å². The summed E-state index contributed by atoms with van der Waals surface area (Å²) in [5.41, 5.74) is -0.308. The van der Waals surface area contributed by atoms with Crippen molar-refractivity contribution in [3.05, 3.63) is 34.9 Å². The highest BCUT2D eigenvalue weighted by Crippen LogP contribution is 2.52.